The van der Waals surface area contributed by atoms with Gasteiger partial charge in [0.25, 0.3) is 0 Å². The lowest BCUT2D eigenvalue weighted by Gasteiger charge is -2.25. The van der Waals surface area contributed by atoms with Gasteiger partial charge in [-0.25, -0.2) is 0 Å². The summed E-state index contributed by atoms with van der Waals surface area (Å²) < 4.78 is 0.954. The molecule has 1 aromatic rings. The second-order valence-corrected chi connectivity index (χ2v) is 4.95. The van der Waals surface area contributed by atoms with Crippen LogP contribution in [0.25, 0.3) is 0 Å². The number of carbonyl (C=O) groups is 1. The standard InChI is InChI=1S/C12H15BrN2O/c13-10-5-1-3-8-7-9(4-2-6-14)12(16)15-11(8)10/h1,3,5,9H,2,4,6-7,14H2,(H,15,16). The van der Waals surface area contributed by atoms with Crippen molar-refractivity contribution in [2.24, 2.45) is 11.7 Å². The van der Waals surface area contributed by atoms with E-state index >= 15 is 0 Å². The van der Waals surface area contributed by atoms with Crippen LogP contribution >= 0.6 is 15.9 Å². The highest BCUT2D eigenvalue weighted by Gasteiger charge is 2.26. The van der Waals surface area contributed by atoms with Crippen molar-refractivity contribution in [2.75, 3.05) is 11.9 Å². The van der Waals surface area contributed by atoms with Crippen LogP contribution in [0.1, 0.15) is 18.4 Å². The number of halogens is 1. The molecular weight excluding hydrogens is 268 g/mol. The topological polar surface area (TPSA) is 55.1 Å². The summed E-state index contributed by atoms with van der Waals surface area (Å²) in [5, 5.41) is 2.96. The van der Waals surface area contributed by atoms with E-state index in [4.69, 9.17) is 5.73 Å². The third-order valence-electron chi connectivity index (χ3n) is 2.94. The Balaban J connectivity index is 2.19. The number of anilines is 1. The first-order valence-corrected chi connectivity index (χ1v) is 6.30. The monoisotopic (exact) mass is 282 g/mol. The molecule has 0 spiro atoms. The van der Waals surface area contributed by atoms with Crippen LogP contribution in [0, 0.1) is 5.92 Å². The molecule has 0 saturated heterocycles. The van der Waals surface area contributed by atoms with Crippen molar-refractivity contribution in [2.45, 2.75) is 19.3 Å². The largest absolute Gasteiger partial charge is 0.330 e. The van der Waals surface area contributed by atoms with Gasteiger partial charge in [-0.3, -0.25) is 4.79 Å². The average molecular weight is 283 g/mol. The van der Waals surface area contributed by atoms with Crippen molar-refractivity contribution >= 4 is 27.5 Å². The number of nitrogens with one attached hydrogen (secondary N) is 1. The number of hydrogen-bond donors (Lipinski definition) is 2. The second-order valence-electron chi connectivity index (χ2n) is 4.10. The van der Waals surface area contributed by atoms with Gasteiger partial charge in [0, 0.05) is 10.4 Å². The van der Waals surface area contributed by atoms with E-state index in [0.717, 1.165) is 29.4 Å². The predicted molar refractivity (Wildman–Crippen MR) is 68.3 cm³/mol. The summed E-state index contributed by atoms with van der Waals surface area (Å²) in [5.41, 5.74) is 7.60. The van der Waals surface area contributed by atoms with Gasteiger partial charge in [0.1, 0.15) is 0 Å². The normalized spacial score (nSPS) is 19.1. The number of hydrogen-bond acceptors (Lipinski definition) is 2. The molecule has 2 rings (SSSR count). The van der Waals surface area contributed by atoms with Crippen LogP contribution in [-0.4, -0.2) is 12.5 Å². The van der Waals surface area contributed by atoms with Gasteiger partial charge in [0.2, 0.25) is 5.91 Å². The Morgan fingerprint density at radius 1 is 1.50 bits per heavy atom. The van der Waals surface area contributed by atoms with Crippen molar-refractivity contribution in [3.05, 3.63) is 28.2 Å². The van der Waals surface area contributed by atoms with Crippen LogP contribution in [-0.2, 0) is 11.2 Å². The number of benzene rings is 1. The van der Waals surface area contributed by atoms with Gasteiger partial charge in [0.15, 0.2) is 0 Å². The summed E-state index contributed by atoms with van der Waals surface area (Å²) in [5.74, 6) is 0.193. The average Bonchev–Trinajstić information content (AvgIpc) is 2.28. The first-order valence-electron chi connectivity index (χ1n) is 5.50. The maximum absolute atomic E-state index is 11.8. The van der Waals surface area contributed by atoms with Crippen molar-refractivity contribution in [3.63, 3.8) is 0 Å². The molecule has 16 heavy (non-hydrogen) atoms. The maximum atomic E-state index is 11.8. The minimum Gasteiger partial charge on any atom is -0.330 e. The van der Waals surface area contributed by atoms with Crippen molar-refractivity contribution in [1.29, 1.82) is 0 Å². The molecule has 0 aromatic heterocycles. The van der Waals surface area contributed by atoms with E-state index in [2.05, 4.69) is 27.3 Å². The van der Waals surface area contributed by atoms with Gasteiger partial charge in [-0.1, -0.05) is 12.1 Å². The summed E-state index contributed by atoms with van der Waals surface area (Å²) in [6.07, 6.45) is 2.59. The molecule has 0 fully saturated rings. The Labute approximate surface area is 104 Å². The lowest BCUT2D eigenvalue weighted by atomic mass is 9.90. The number of fused-ring (bicyclic) bond motifs is 1. The Kier molecular flexibility index (Phi) is 3.61. The van der Waals surface area contributed by atoms with E-state index in [1.165, 1.54) is 5.56 Å². The van der Waals surface area contributed by atoms with Crippen LogP contribution in [0.2, 0.25) is 0 Å². The fourth-order valence-electron chi connectivity index (χ4n) is 2.06. The van der Waals surface area contributed by atoms with Crippen molar-refractivity contribution in [3.8, 4) is 0 Å². The Morgan fingerprint density at radius 2 is 2.31 bits per heavy atom. The quantitative estimate of drug-likeness (QED) is 0.894. The molecule has 3 N–H and O–H groups in total. The fraction of sp³-hybridized carbons (Fsp3) is 0.417. The smallest absolute Gasteiger partial charge is 0.227 e. The van der Waals surface area contributed by atoms with Gasteiger partial charge >= 0.3 is 0 Å². The molecule has 1 unspecified atom stereocenters. The molecule has 86 valence electrons. The van der Waals surface area contributed by atoms with Crippen LogP contribution in [0.3, 0.4) is 0 Å². The fourth-order valence-corrected chi connectivity index (χ4v) is 2.57. The highest BCUT2D eigenvalue weighted by Crippen LogP contribution is 2.33. The predicted octanol–water partition coefficient (Wildman–Crippen LogP) is 2.30. The molecule has 0 bridgehead atoms. The van der Waals surface area contributed by atoms with Gasteiger partial charge in [-0.05, 0) is 53.4 Å². The van der Waals surface area contributed by atoms with Crippen LogP contribution in [0.5, 0.6) is 0 Å². The summed E-state index contributed by atoms with van der Waals surface area (Å²) in [6.45, 7) is 0.648. The maximum Gasteiger partial charge on any atom is 0.227 e. The zero-order chi connectivity index (χ0) is 11.5. The van der Waals surface area contributed by atoms with Crippen LogP contribution in [0.4, 0.5) is 5.69 Å². The summed E-state index contributed by atoms with van der Waals surface area (Å²) in [4.78, 5) is 11.8. The van der Waals surface area contributed by atoms with E-state index < -0.39 is 0 Å². The molecule has 0 aliphatic carbocycles. The number of para-hydroxylation sites is 1. The molecule has 1 aliphatic heterocycles. The summed E-state index contributed by atoms with van der Waals surface area (Å²) in [7, 11) is 0. The molecule has 1 aliphatic rings. The molecule has 1 aromatic carbocycles. The van der Waals surface area contributed by atoms with Gasteiger partial charge in [0.05, 0.1) is 5.69 Å². The molecule has 1 heterocycles. The molecule has 1 atom stereocenters. The van der Waals surface area contributed by atoms with E-state index in [0.29, 0.717) is 6.54 Å². The van der Waals surface area contributed by atoms with Gasteiger partial charge in [-0.2, -0.15) is 0 Å². The van der Waals surface area contributed by atoms with E-state index in [-0.39, 0.29) is 11.8 Å². The van der Waals surface area contributed by atoms with Crippen molar-refractivity contribution < 1.29 is 4.79 Å². The third-order valence-corrected chi connectivity index (χ3v) is 3.60. The third kappa shape index (κ3) is 2.28. The van der Waals surface area contributed by atoms with Crippen molar-refractivity contribution in [1.82, 2.24) is 0 Å². The lowest BCUT2D eigenvalue weighted by molar-refractivity contribution is -0.120. The van der Waals surface area contributed by atoms with E-state index in [1.54, 1.807) is 0 Å². The Hall–Kier alpha value is -0.870. The molecule has 1 amide bonds. The first kappa shape index (κ1) is 11.6. The molecule has 4 heteroatoms. The second kappa shape index (κ2) is 4.97. The zero-order valence-corrected chi connectivity index (χ0v) is 10.6. The molecule has 3 nitrogen and oxygen atoms in total. The highest BCUT2D eigenvalue weighted by atomic mass is 79.9. The first-order chi connectivity index (χ1) is 7.72. The SMILES string of the molecule is NCCCC1Cc2cccc(Br)c2NC1=O. The number of rotatable bonds is 3. The number of carbonyl (C=O) groups excluding carboxylic acids is 1. The molecule has 0 saturated carbocycles. The number of nitrogens with two attached hydrogens (primary N) is 1. The summed E-state index contributed by atoms with van der Waals surface area (Å²) in [6, 6.07) is 6.01. The minimum absolute atomic E-state index is 0.0744. The summed E-state index contributed by atoms with van der Waals surface area (Å²) >= 11 is 3.45. The molecule has 0 radical (unpaired) electrons. The zero-order valence-electron chi connectivity index (χ0n) is 9.00. The minimum atomic E-state index is 0.0744. The van der Waals surface area contributed by atoms with Gasteiger partial charge in [-0.15, -0.1) is 0 Å². The van der Waals surface area contributed by atoms with Gasteiger partial charge < -0.3 is 11.1 Å². The number of amides is 1. The Morgan fingerprint density at radius 3 is 3.06 bits per heavy atom. The lowest BCUT2D eigenvalue weighted by Crippen LogP contribution is -2.30. The Bertz CT molecular complexity index is 406. The molecular formula is C12H15BrN2O. The van der Waals surface area contributed by atoms with Crippen LogP contribution in [0.15, 0.2) is 22.7 Å². The van der Waals surface area contributed by atoms with Crippen LogP contribution < -0.4 is 11.1 Å². The highest BCUT2D eigenvalue weighted by molar-refractivity contribution is 9.10. The van der Waals surface area contributed by atoms with E-state index in [1.807, 2.05) is 12.1 Å². The van der Waals surface area contributed by atoms with E-state index in [9.17, 15) is 4.79 Å².